The molecule has 0 amide bonds. The molecule has 1 rings (SSSR count). The molecule has 0 atom stereocenters. The molecular formula is C12H18ClNO2. The largest absolute Gasteiger partial charge is 0.497 e. The van der Waals surface area contributed by atoms with Gasteiger partial charge in [-0.15, -0.1) is 12.4 Å². The van der Waals surface area contributed by atoms with Gasteiger partial charge >= 0.3 is 0 Å². The molecule has 0 bridgehead atoms. The molecule has 0 heterocycles. The number of ether oxygens (including phenoxy) is 1. The zero-order valence-corrected chi connectivity index (χ0v) is 10.7. The van der Waals surface area contributed by atoms with Crippen molar-refractivity contribution in [1.82, 2.24) is 4.90 Å². The van der Waals surface area contributed by atoms with Crippen molar-refractivity contribution >= 4 is 18.2 Å². The summed E-state index contributed by atoms with van der Waals surface area (Å²) >= 11 is 0. The smallest absolute Gasteiger partial charge is 0.164 e. The van der Waals surface area contributed by atoms with Crippen molar-refractivity contribution in [3.05, 3.63) is 29.8 Å². The zero-order valence-electron chi connectivity index (χ0n) is 9.90. The number of rotatable bonds is 5. The van der Waals surface area contributed by atoms with Crippen LogP contribution < -0.4 is 4.74 Å². The van der Waals surface area contributed by atoms with Crippen molar-refractivity contribution in [2.24, 2.45) is 0 Å². The normalized spacial score (nSPS) is 9.75. The number of hydrogen-bond acceptors (Lipinski definition) is 3. The van der Waals surface area contributed by atoms with Crippen LogP contribution in [0.15, 0.2) is 24.3 Å². The Labute approximate surface area is 103 Å². The lowest BCUT2D eigenvalue weighted by atomic mass is 10.1. The lowest BCUT2D eigenvalue weighted by Crippen LogP contribution is -2.16. The van der Waals surface area contributed by atoms with Crippen LogP contribution in [0.2, 0.25) is 0 Å². The predicted octanol–water partition coefficient (Wildman–Crippen LogP) is 2.25. The Morgan fingerprint density at radius 2 is 2.06 bits per heavy atom. The van der Waals surface area contributed by atoms with Crippen molar-refractivity contribution in [2.75, 3.05) is 27.7 Å². The molecule has 1 aromatic carbocycles. The van der Waals surface area contributed by atoms with E-state index >= 15 is 0 Å². The minimum atomic E-state index is 0. The van der Waals surface area contributed by atoms with Crippen LogP contribution in [0.5, 0.6) is 5.75 Å². The lowest BCUT2D eigenvalue weighted by molar-refractivity contribution is 0.0972. The Hall–Kier alpha value is -1.06. The van der Waals surface area contributed by atoms with E-state index in [0.717, 1.165) is 17.9 Å². The number of methoxy groups -OCH3 is 1. The first kappa shape index (κ1) is 14.9. The van der Waals surface area contributed by atoms with Gasteiger partial charge in [-0.05, 0) is 26.2 Å². The average molecular weight is 244 g/mol. The van der Waals surface area contributed by atoms with Gasteiger partial charge in [0.1, 0.15) is 5.75 Å². The van der Waals surface area contributed by atoms with Gasteiger partial charge in [0, 0.05) is 18.5 Å². The zero-order chi connectivity index (χ0) is 11.3. The second kappa shape index (κ2) is 7.25. The molecule has 1 aromatic rings. The van der Waals surface area contributed by atoms with Gasteiger partial charge in [-0.1, -0.05) is 12.1 Å². The molecule has 16 heavy (non-hydrogen) atoms. The summed E-state index contributed by atoms with van der Waals surface area (Å²) in [5, 5.41) is 0. The molecule has 90 valence electrons. The first-order valence-corrected chi connectivity index (χ1v) is 4.95. The Bertz CT molecular complexity index is 340. The van der Waals surface area contributed by atoms with Gasteiger partial charge in [0.05, 0.1) is 7.11 Å². The molecule has 3 nitrogen and oxygen atoms in total. The molecule has 0 aliphatic heterocycles. The summed E-state index contributed by atoms with van der Waals surface area (Å²) in [7, 11) is 5.52. The summed E-state index contributed by atoms with van der Waals surface area (Å²) < 4.78 is 5.07. The third-order valence-corrected chi connectivity index (χ3v) is 2.18. The quantitative estimate of drug-likeness (QED) is 0.743. The molecule has 0 saturated carbocycles. The summed E-state index contributed by atoms with van der Waals surface area (Å²) in [5.74, 6) is 0.883. The maximum Gasteiger partial charge on any atom is 0.164 e. The Morgan fingerprint density at radius 3 is 2.62 bits per heavy atom. The van der Waals surface area contributed by atoms with Gasteiger partial charge in [-0.2, -0.15) is 0 Å². The fourth-order valence-electron chi connectivity index (χ4n) is 1.27. The molecule has 0 fully saturated rings. The van der Waals surface area contributed by atoms with E-state index in [9.17, 15) is 4.79 Å². The van der Waals surface area contributed by atoms with Crippen LogP contribution in [0.3, 0.4) is 0 Å². The molecule has 4 heteroatoms. The maximum atomic E-state index is 11.7. The summed E-state index contributed by atoms with van der Waals surface area (Å²) in [4.78, 5) is 13.7. The van der Waals surface area contributed by atoms with E-state index in [0.29, 0.717) is 6.42 Å². The Kier molecular flexibility index (Phi) is 6.77. The molecule has 0 unspecified atom stereocenters. The number of hydrogen-bond donors (Lipinski definition) is 0. The van der Waals surface area contributed by atoms with Crippen LogP contribution in [-0.2, 0) is 0 Å². The first-order valence-electron chi connectivity index (χ1n) is 4.95. The van der Waals surface area contributed by atoms with Crippen LogP contribution in [0.1, 0.15) is 16.8 Å². The number of nitrogens with zero attached hydrogens (tertiary/aromatic N) is 1. The van der Waals surface area contributed by atoms with E-state index < -0.39 is 0 Å². The van der Waals surface area contributed by atoms with Gasteiger partial charge < -0.3 is 9.64 Å². The van der Waals surface area contributed by atoms with Crippen LogP contribution in [-0.4, -0.2) is 38.4 Å². The Balaban J connectivity index is 0.00000225. The van der Waals surface area contributed by atoms with Crippen LogP contribution >= 0.6 is 12.4 Å². The second-order valence-corrected chi connectivity index (χ2v) is 3.71. The highest BCUT2D eigenvalue weighted by Gasteiger charge is 2.06. The Morgan fingerprint density at radius 1 is 1.38 bits per heavy atom. The minimum absolute atomic E-state index is 0. The molecule has 0 N–H and O–H groups in total. The van der Waals surface area contributed by atoms with E-state index in [-0.39, 0.29) is 18.2 Å². The van der Waals surface area contributed by atoms with E-state index in [1.807, 2.05) is 37.2 Å². The molecule has 0 spiro atoms. The monoisotopic (exact) mass is 243 g/mol. The summed E-state index contributed by atoms with van der Waals surface area (Å²) in [6.45, 7) is 0.774. The van der Waals surface area contributed by atoms with Gasteiger partial charge in [-0.25, -0.2) is 0 Å². The number of benzene rings is 1. The standard InChI is InChI=1S/C12H17NO2.ClH/c1-13(2)8-7-12(14)10-5-4-6-11(9-10)15-3;/h4-6,9H,7-8H2,1-3H3;1H. The molecule has 0 aliphatic rings. The number of Topliss-reactive ketones (excluding diaryl/α,β-unsaturated/α-hetero) is 1. The van der Waals surface area contributed by atoms with E-state index in [4.69, 9.17) is 4.74 Å². The van der Waals surface area contributed by atoms with Gasteiger partial charge in [0.2, 0.25) is 0 Å². The highest BCUT2D eigenvalue weighted by molar-refractivity contribution is 5.96. The fraction of sp³-hybridized carbons (Fsp3) is 0.417. The summed E-state index contributed by atoms with van der Waals surface area (Å²) in [6, 6.07) is 7.27. The average Bonchev–Trinajstić information content (AvgIpc) is 2.26. The van der Waals surface area contributed by atoms with Gasteiger partial charge in [0.15, 0.2) is 5.78 Å². The topological polar surface area (TPSA) is 29.5 Å². The van der Waals surface area contributed by atoms with Crippen LogP contribution in [0.4, 0.5) is 0 Å². The third-order valence-electron chi connectivity index (χ3n) is 2.18. The molecule has 0 aromatic heterocycles. The number of carbonyl (C=O) groups excluding carboxylic acids is 1. The predicted molar refractivity (Wildman–Crippen MR) is 67.7 cm³/mol. The van der Waals surface area contributed by atoms with Gasteiger partial charge in [0.25, 0.3) is 0 Å². The SMILES string of the molecule is COc1cccc(C(=O)CCN(C)C)c1.Cl. The van der Waals surface area contributed by atoms with E-state index in [1.165, 1.54) is 0 Å². The van der Waals surface area contributed by atoms with E-state index in [2.05, 4.69) is 0 Å². The first-order chi connectivity index (χ1) is 7.13. The van der Waals surface area contributed by atoms with Crippen molar-refractivity contribution < 1.29 is 9.53 Å². The molecular weight excluding hydrogens is 226 g/mol. The lowest BCUT2D eigenvalue weighted by Gasteiger charge is -2.08. The van der Waals surface area contributed by atoms with E-state index in [1.54, 1.807) is 13.2 Å². The number of halogens is 1. The molecule has 0 saturated heterocycles. The van der Waals surface area contributed by atoms with Gasteiger partial charge in [-0.3, -0.25) is 4.79 Å². The molecule has 0 radical (unpaired) electrons. The van der Waals surface area contributed by atoms with Crippen molar-refractivity contribution in [3.63, 3.8) is 0 Å². The fourth-order valence-corrected chi connectivity index (χ4v) is 1.27. The third kappa shape index (κ3) is 4.64. The van der Waals surface area contributed by atoms with Crippen LogP contribution in [0, 0.1) is 0 Å². The molecule has 0 aliphatic carbocycles. The number of ketones is 1. The minimum Gasteiger partial charge on any atom is -0.497 e. The summed E-state index contributed by atoms with van der Waals surface area (Å²) in [6.07, 6.45) is 0.542. The van der Waals surface area contributed by atoms with Crippen molar-refractivity contribution in [3.8, 4) is 5.75 Å². The number of carbonyl (C=O) groups is 1. The summed E-state index contributed by atoms with van der Waals surface area (Å²) in [5.41, 5.74) is 0.719. The maximum absolute atomic E-state index is 11.7. The highest BCUT2D eigenvalue weighted by atomic mass is 35.5. The van der Waals surface area contributed by atoms with Crippen molar-refractivity contribution in [2.45, 2.75) is 6.42 Å². The van der Waals surface area contributed by atoms with Crippen LogP contribution in [0.25, 0.3) is 0 Å². The van der Waals surface area contributed by atoms with Crippen molar-refractivity contribution in [1.29, 1.82) is 0 Å². The second-order valence-electron chi connectivity index (χ2n) is 3.71. The highest BCUT2D eigenvalue weighted by Crippen LogP contribution is 2.13.